The maximum atomic E-state index is 4.07. The molecule has 5 heteroatoms. The third-order valence-electron chi connectivity index (χ3n) is 3.27. The summed E-state index contributed by atoms with van der Waals surface area (Å²) in [5, 5.41) is 17.7. The summed E-state index contributed by atoms with van der Waals surface area (Å²) in [6.45, 7) is 3.59. The van der Waals surface area contributed by atoms with Crippen LogP contribution in [0.25, 0.3) is 10.8 Å². The molecule has 102 valence electrons. The number of fused-ring (bicyclic) bond motifs is 1. The van der Waals surface area contributed by atoms with Crippen molar-refractivity contribution < 1.29 is 0 Å². The van der Waals surface area contributed by atoms with Crippen LogP contribution in [-0.2, 0) is 13.1 Å². The Balaban J connectivity index is 1.81. The lowest BCUT2D eigenvalue weighted by atomic mass is 10.1. The highest BCUT2D eigenvalue weighted by Gasteiger charge is 2.06. The van der Waals surface area contributed by atoms with E-state index >= 15 is 0 Å². The van der Waals surface area contributed by atoms with Gasteiger partial charge in [-0.3, -0.25) is 0 Å². The summed E-state index contributed by atoms with van der Waals surface area (Å²) >= 11 is 0. The van der Waals surface area contributed by atoms with Crippen LogP contribution in [0.5, 0.6) is 0 Å². The summed E-state index contributed by atoms with van der Waals surface area (Å²) in [5.74, 6) is 0.861. The molecular weight excluding hydrogens is 250 g/mol. The van der Waals surface area contributed by atoms with E-state index in [0.717, 1.165) is 24.5 Å². The Labute approximate surface area is 117 Å². The van der Waals surface area contributed by atoms with Crippen LogP contribution in [0.1, 0.15) is 19.2 Å². The number of aryl methyl sites for hydroxylation is 1. The summed E-state index contributed by atoms with van der Waals surface area (Å²) in [4.78, 5) is 0. The van der Waals surface area contributed by atoms with Crippen molar-refractivity contribution in [1.29, 1.82) is 0 Å². The maximum absolute atomic E-state index is 4.07. The molecule has 0 atom stereocenters. The zero-order chi connectivity index (χ0) is 13.8. The quantitative estimate of drug-likeness (QED) is 0.772. The molecule has 1 N–H and O–H groups in total. The van der Waals surface area contributed by atoms with E-state index in [0.29, 0.717) is 6.54 Å². The van der Waals surface area contributed by atoms with Crippen molar-refractivity contribution in [3.63, 3.8) is 0 Å². The van der Waals surface area contributed by atoms with Gasteiger partial charge in [0, 0.05) is 17.6 Å². The van der Waals surface area contributed by atoms with Gasteiger partial charge in [-0.2, -0.15) is 0 Å². The minimum atomic E-state index is 0.626. The Bertz CT molecular complexity index is 699. The number of nitrogens with zero attached hydrogens (tertiary/aromatic N) is 4. The van der Waals surface area contributed by atoms with Crippen LogP contribution >= 0.6 is 0 Å². The van der Waals surface area contributed by atoms with E-state index in [4.69, 9.17) is 0 Å². The lowest BCUT2D eigenvalue weighted by Gasteiger charge is -2.09. The van der Waals surface area contributed by atoms with E-state index in [9.17, 15) is 0 Å². The maximum Gasteiger partial charge on any atom is 0.170 e. The number of anilines is 1. The molecule has 1 heterocycles. The summed E-state index contributed by atoms with van der Waals surface area (Å²) in [5.41, 5.74) is 1.11. The number of hydrogen-bond donors (Lipinski definition) is 1. The molecule has 0 amide bonds. The van der Waals surface area contributed by atoms with Crippen molar-refractivity contribution in [3.8, 4) is 0 Å². The fourth-order valence-corrected chi connectivity index (χ4v) is 2.29. The first-order chi connectivity index (χ1) is 9.88. The molecule has 0 spiro atoms. The Morgan fingerprint density at radius 3 is 2.85 bits per heavy atom. The molecular formula is C15H17N5. The van der Waals surface area contributed by atoms with Crippen molar-refractivity contribution in [3.05, 3.63) is 48.3 Å². The first kappa shape index (κ1) is 12.6. The van der Waals surface area contributed by atoms with Gasteiger partial charge in [0.25, 0.3) is 0 Å². The summed E-state index contributed by atoms with van der Waals surface area (Å²) in [7, 11) is 0. The van der Waals surface area contributed by atoms with Crippen molar-refractivity contribution in [1.82, 2.24) is 20.2 Å². The fourth-order valence-electron chi connectivity index (χ4n) is 2.29. The first-order valence-corrected chi connectivity index (χ1v) is 6.85. The lowest BCUT2D eigenvalue weighted by molar-refractivity contribution is 0.558. The van der Waals surface area contributed by atoms with Crippen LogP contribution in [0.2, 0.25) is 0 Å². The average molecular weight is 267 g/mol. The van der Waals surface area contributed by atoms with Gasteiger partial charge < -0.3 is 5.32 Å². The molecule has 0 unspecified atom stereocenters. The van der Waals surface area contributed by atoms with E-state index in [2.05, 4.69) is 64.2 Å². The Morgan fingerprint density at radius 2 is 1.95 bits per heavy atom. The average Bonchev–Trinajstić information content (AvgIpc) is 2.93. The number of aromatic nitrogens is 4. The fraction of sp³-hybridized carbons (Fsp3) is 0.267. The molecule has 2 aromatic carbocycles. The molecule has 3 rings (SSSR count). The van der Waals surface area contributed by atoms with Gasteiger partial charge >= 0.3 is 0 Å². The van der Waals surface area contributed by atoms with E-state index < -0.39 is 0 Å². The molecule has 0 saturated heterocycles. The molecule has 0 fully saturated rings. The number of rotatable bonds is 5. The third-order valence-corrected chi connectivity index (χ3v) is 3.27. The lowest BCUT2D eigenvalue weighted by Crippen LogP contribution is -2.10. The highest BCUT2D eigenvalue weighted by molar-refractivity contribution is 5.93. The zero-order valence-electron chi connectivity index (χ0n) is 11.5. The molecule has 1 aromatic heterocycles. The molecule has 0 aliphatic rings. The zero-order valence-corrected chi connectivity index (χ0v) is 11.5. The van der Waals surface area contributed by atoms with E-state index in [1.165, 1.54) is 10.8 Å². The van der Waals surface area contributed by atoms with Gasteiger partial charge in [-0.1, -0.05) is 43.3 Å². The molecule has 0 aliphatic heterocycles. The second kappa shape index (κ2) is 5.69. The Hall–Kier alpha value is -2.43. The van der Waals surface area contributed by atoms with Gasteiger partial charge in [-0.15, -0.1) is 5.10 Å². The van der Waals surface area contributed by atoms with Gasteiger partial charge in [-0.25, -0.2) is 4.68 Å². The van der Waals surface area contributed by atoms with Crippen LogP contribution < -0.4 is 5.32 Å². The van der Waals surface area contributed by atoms with Gasteiger partial charge in [0.15, 0.2) is 5.82 Å². The number of hydrogen-bond acceptors (Lipinski definition) is 4. The van der Waals surface area contributed by atoms with Crippen LogP contribution in [0.15, 0.2) is 42.5 Å². The molecule has 5 nitrogen and oxygen atoms in total. The Morgan fingerprint density at radius 1 is 1.10 bits per heavy atom. The number of nitrogens with one attached hydrogen (secondary N) is 1. The van der Waals surface area contributed by atoms with Gasteiger partial charge in [0.1, 0.15) is 0 Å². The largest absolute Gasteiger partial charge is 0.377 e. The van der Waals surface area contributed by atoms with Crippen molar-refractivity contribution in [2.45, 2.75) is 26.4 Å². The molecule has 0 bridgehead atoms. The Kier molecular flexibility index (Phi) is 3.58. The SMILES string of the molecule is CCCn1nnnc1CNc1cccc2ccccc12. The first-order valence-electron chi connectivity index (χ1n) is 6.85. The normalized spacial score (nSPS) is 10.8. The van der Waals surface area contributed by atoms with Crippen LogP contribution in [0.4, 0.5) is 5.69 Å². The summed E-state index contributed by atoms with van der Waals surface area (Å²) in [6, 6.07) is 14.6. The molecule has 3 aromatic rings. The van der Waals surface area contributed by atoms with E-state index in [-0.39, 0.29) is 0 Å². The van der Waals surface area contributed by atoms with Crippen molar-refractivity contribution in [2.75, 3.05) is 5.32 Å². The number of benzene rings is 2. The molecule has 0 saturated carbocycles. The van der Waals surface area contributed by atoms with Gasteiger partial charge in [-0.05, 0) is 28.3 Å². The minimum absolute atomic E-state index is 0.626. The predicted molar refractivity (Wildman–Crippen MR) is 79.4 cm³/mol. The van der Waals surface area contributed by atoms with Crippen molar-refractivity contribution in [2.24, 2.45) is 0 Å². The molecule has 20 heavy (non-hydrogen) atoms. The summed E-state index contributed by atoms with van der Waals surface area (Å²) in [6.07, 6.45) is 1.02. The van der Waals surface area contributed by atoms with E-state index in [1.54, 1.807) is 0 Å². The standard InChI is InChI=1S/C15H17N5/c1-2-10-20-15(17-18-19-20)11-16-14-9-5-7-12-6-3-4-8-13(12)14/h3-9,16H,2,10-11H2,1H3. The number of tetrazole rings is 1. The predicted octanol–water partition coefficient (Wildman–Crippen LogP) is 2.85. The monoisotopic (exact) mass is 267 g/mol. The second-order valence-electron chi connectivity index (χ2n) is 4.70. The van der Waals surface area contributed by atoms with Crippen molar-refractivity contribution >= 4 is 16.5 Å². The van der Waals surface area contributed by atoms with E-state index in [1.807, 2.05) is 10.7 Å². The highest BCUT2D eigenvalue weighted by Crippen LogP contribution is 2.23. The second-order valence-corrected chi connectivity index (χ2v) is 4.70. The highest BCUT2D eigenvalue weighted by atomic mass is 15.5. The molecule has 0 radical (unpaired) electrons. The minimum Gasteiger partial charge on any atom is -0.377 e. The van der Waals surface area contributed by atoms with Crippen LogP contribution in [0.3, 0.4) is 0 Å². The molecule has 0 aliphatic carbocycles. The van der Waals surface area contributed by atoms with Gasteiger partial charge in [0.2, 0.25) is 0 Å². The van der Waals surface area contributed by atoms with Crippen LogP contribution in [0, 0.1) is 0 Å². The topological polar surface area (TPSA) is 55.6 Å². The van der Waals surface area contributed by atoms with Crippen LogP contribution in [-0.4, -0.2) is 20.2 Å². The smallest absolute Gasteiger partial charge is 0.170 e. The summed E-state index contributed by atoms with van der Waals surface area (Å²) < 4.78 is 1.85. The third kappa shape index (κ3) is 2.47. The van der Waals surface area contributed by atoms with Gasteiger partial charge in [0.05, 0.1) is 6.54 Å².